The third-order valence-electron chi connectivity index (χ3n) is 8.11. The highest BCUT2D eigenvalue weighted by atomic mass is 15.2. The summed E-state index contributed by atoms with van der Waals surface area (Å²) in [4.78, 5) is 2.36. The molecule has 0 aliphatic carbocycles. The molecule has 0 saturated carbocycles. The van der Waals surface area contributed by atoms with Crippen molar-refractivity contribution in [2.45, 2.75) is 44.6 Å². The lowest BCUT2D eigenvalue weighted by Gasteiger charge is -2.26. The third kappa shape index (κ3) is 2.88. The Labute approximate surface area is 202 Å². The second-order valence-corrected chi connectivity index (χ2v) is 10.9. The number of nitrogens with zero attached hydrogens (tertiary/aromatic N) is 1. The van der Waals surface area contributed by atoms with Gasteiger partial charge >= 0.3 is 0 Å². The molecule has 2 aliphatic heterocycles. The molecule has 2 heterocycles. The van der Waals surface area contributed by atoms with Crippen LogP contribution in [0.5, 0.6) is 0 Å². The van der Waals surface area contributed by atoms with Gasteiger partial charge in [0.05, 0.1) is 6.04 Å². The van der Waals surface area contributed by atoms with Crippen LogP contribution in [0.2, 0.25) is 0 Å². The van der Waals surface area contributed by atoms with Crippen molar-refractivity contribution in [2.75, 3.05) is 17.3 Å². The Bertz CT molecular complexity index is 1500. The Hall–Kier alpha value is -3.52. The van der Waals surface area contributed by atoms with E-state index in [2.05, 4.69) is 136 Å². The molecule has 0 saturated heterocycles. The first kappa shape index (κ1) is 21.0. The van der Waals surface area contributed by atoms with Gasteiger partial charge in [-0.3, -0.25) is 0 Å². The van der Waals surface area contributed by atoms with Crippen molar-refractivity contribution in [2.24, 2.45) is 0 Å². The molecule has 0 radical (unpaired) electrons. The fraction of sp³-hybridized carbons (Fsp3) is 0.250. The van der Waals surface area contributed by atoms with Crippen LogP contribution in [-0.4, -0.2) is 13.1 Å². The van der Waals surface area contributed by atoms with Gasteiger partial charge in [0.2, 0.25) is 0 Å². The molecule has 4 aromatic carbocycles. The van der Waals surface area contributed by atoms with Crippen LogP contribution in [-0.2, 0) is 10.8 Å². The van der Waals surface area contributed by atoms with Crippen LogP contribution in [0.3, 0.4) is 0 Å². The molecule has 2 aliphatic rings. The number of likely N-dealkylation sites (N-methyl/N-ethyl adjacent to an activating group) is 1. The van der Waals surface area contributed by atoms with Gasteiger partial charge in [0.15, 0.2) is 0 Å². The van der Waals surface area contributed by atoms with E-state index in [1.54, 1.807) is 0 Å². The van der Waals surface area contributed by atoms with E-state index in [4.69, 9.17) is 0 Å². The first-order valence-electron chi connectivity index (χ1n) is 12.2. The molecule has 0 spiro atoms. The molecule has 1 atom stereocenters. The summed E-state index contributed by atoms with van der Waals surface area (Å²) in [5.74, 6) is 0. The smallest absolute Gasteiger partial charge is 0.0540 e. The maximum atomic E-state index is 3.79. The number of fused-ring (bicyclic) bond motifs is 6. The van der Waals surface area contributed by atoms with Gasteiger partial charge in [-0.1, -0.05) is 101 Å². The topological polar surface area (TPSA) is 15.3 Å². The van der Waals surface area contributed by atoms with Gasteiger partial charge in [-0.15, -0.1) is 0 Å². The molecule has 4 aromatic rings. The molecule has 0 fully saturated rings. The van der Waals surface area contributed by atoms with Crippen molar-refractivity contribution in [3.8, 4) is 0 Å². The maximum absolute atomic E-state index is 3.79. The van der Waals surface area contributed by atoms with Gasteiger partial charge in [0.25, 0.3) is 0 Å². The standard InChI is InChI=1S/C32H32N2/c1-31(2)27(33-25-19-17-21-11-6-8-13-23(21)29(25)31)15-10-16-28-32(3,4)30-24-14-9-7-12-22(24)18-20-26(30)34(28)5/h6-20,27,33H,1-5H3/b15-10+,28-16-. The molecular formula is C32H32N2. The summed E-state index contributed by atoms with van der Waals surface area (Å²) in [6.45, 7) is 9.41. The molecule has 1 N–H and O–H groups in total. The van der Waals surface area contributed by atoms with E-state index >= 15 is 0 Å². The average Bonchev–Trinajstić information content (AvgIpc) is 3.20. The zero-order valence-corrected chi connectivity index (χ0v) is 20.7. The van der Waals surface area contributed by atoms with E-state index in [0.29, 0.717) is 0 Å². The second kappa shape index (κ2) is 7.24. The van der Waals surface area contributed by atoms with Crippen molar-refractivity contribution in [3.63, 3.8) is 0 Å². The summed E-state index contributed by atoms with van der Waals surface area (Å²) in [7, 11) is 2.20. The monoisotopic (exact) mass is 444 g/mol. The van der Waals surface area contributed by atoms with Gasteiger partial charge in [0, 0.05) is 34.9 Å². The number of nitrogens with one attached hydrogen (secondary N) is 1. The molecular weight excluding hydrogens is 412 g/mol. The van der Waals surface area contributed by atoms with Crippen molar-refractivity contribution in [1.82, 2.24) is 0 Å². The van der Waals surface area contributed by atoms with Gasteiger partial charge < -0.3 is 10.2 Å². The SMILES string of the molecule is CN1/C(=C\C=C\C2Nc3ccc4ccccc4c3C2(C)C)C(C)(C)c2c1ccc1ccccc21. The van der Waals surface area contributed by atoms with Crippen LogP contribution >= 0.6 is 0 Å². The highest BCUT2D eigenvalue weighted by molar-refractivity contribution is 5.95. The van der Waals surface area contributed by atoms with Crippen LogP contribution < -0.4 is 10.2 Å². The minimum Gasteiger partial charge on any atom is -0.378 e. The Morgan fingerprint density at radius 2 is 1.38 bits per heavy atom. The Morgan fingerprint density at radius 1 is 0.765 bits per heavy atom. The first-order chi connectivity index (χ1) is 16.3. The first-order valence-corrected chi connectivity index (χ1v) is 12.2. The van der Waals surface area contributed by atoms with Crippen LogP contribution in [0.25, 0.3) is 21.5 Å². The fourth-order valence-corrected chi connectivity index (χ4v) is 6.33. The number of benzene rings is 4. The van der Waals surface area contributed by atoms with Crippen LogP contribution in [0, 0.1) is 0 Å². The van der Waals surface area contributed by atoms with E-state index in [-0.39, 0.29) is 16.9 Å². The molecule has 34 heavy (non-hydrogen) atoms. The van der Waals surface area contributed by atoms with Gasteiger partial charge in [-0.2, -0.15) is 0 Å². The largest absolute Gasteiger partial charge is 0.378 e. The zero-order chi connectivity index (χ0) is 23.7. The van der Waals surface area contributed by atoms with E-state index in [9.17, 15) is 0 Å². The normalized spacial score (nSPS) is 21.4. The van der Waals surface area contributed by atoms with Crippen molar-refractivity contribution >= 4 is 32.9 Å². The minimum absolute atomic E-state index is 0.00145. The molecule has 2 nitrogen and oxygen atoms in total. The Balaban J connectivity index is 1.36. The summed E-state index contributed by atoms with van der Waals surface area (Å²) in [5.41, 5.74) is 6.67. The number of hydrogen-bond acceptors (Lipinski definition) is 2. The van der Waals surface area contributed by atoms with Crippen LogP contribution in [0.15, 0.2) is 96.7 Å². The summed E-state index contributed by atoms with van der Waals surface area (Å²) in [5, 5.41) is 9.10. The van der Waals surface area contributed by atoms with E-state index < -0.39 is 0 Å². The van der Waals surface area contributed by atoms with E-state index in [0.717, 1.165) is 0 Å². The maximum Gasteiger partial charge on any atom is 0.0540 e. The summed E-state index contributed by atoms with van der Waals surface area (Å²) in [6.07, 6.45) is 6.91. The minimum atomic E-state index is -0.0624. The second-order valence-electron chi connectivity index (χ2n) is 10.9. The number of hydrogen-bond donors (Lipinski definition) is 1. The molecule has 0 aromatic heterocycles. The number of rotatable bonds is 2. The number of anilines is 2. The molecule has 6 rings (SSSR count). The highest BCUT2D eigenvalue weighted by Gasteiger charge is 2.40. The third-order valence-corrected chi connectivity index (χ3v) is 8.11. The van der Waals surface area contributed by atoms with E-state index in [1.807, 2.05) is 0 Å². The lowest BCUT2D eigenvalue weighted by molar-refractivity contribution is 0.521. The highest BCUT2D eigenvalue weighted by Crippen LogP contribution is 2.50. The van der Waals surface area contributed by atoms with Crippen molar-refractivity contribution < 1.29 is 0 Å². The molecule has 0 bridgehead atoms. The van der Waals surface area contributed by atoms with Crippen LogP contribution in [0.4, 0.5) is 11.4 Å². The van der Waals surface area contributed by atoms with Crippen molar-refractivity contribution in [3.05, 3.63) is 108 Å². The lowest BCUT2D eigenvalue weighted by Crippen LogP contribution is -2.31. The average molecular weight is 445 g/mol. The van der Waals surface area contributed by atoms with Crippen LogP contribution in [0.1, 0.15) is 38.8 Å². The lowest BCUT2D eigenvalue weighted by atomic mass is 9.78. The molecule has 1 unspecified atom stereocenters. The van der Waals surface area contributed by atoms with E-state index in [1.165, 1.54) is 49.7 Å². The predicted molar refractivity (Wildman–Crippen MR) is 147 cm³/mol. The number of allylic oxidation sites excluding steroid dienone is 3. The van der Waals surface area contributed by atoms with Gasteiger partial charge in [-0.05, 0) is 50.9 Å². The van der Waals surface area contributed by atoms with Gasteiger partial charge in [-0.25, -0.2) is 0 Å². The Morgan fingerprint density at radius 3 is 2.09 bits per heavy atom. The fourth-order valence-electron chi connectivity index (χ4n) is 6.33. The summed E-state index contributed by atoms with van der Waals surface area (Å²) < 4.78 is 0. The summed E-state index contributed by atoms with van der Waals surface area (Å²) >= 11 is 0. The summed E-state index contributed by atoms with van der Waals surface area (Å²) in [6, 6.07) is 26.7. The predicted octanol–water partition coefficient (Wildman–Crippen LogP) is 7.93. The van der Waals surface area contributed by atoms with Crippen molar-refractivity contribution in [1.29, 1.82) is 0 Å². The van der Waals surface area contributed by atoms with Gasteiger partial charge in [0.1, 0.15) is 0 Å². The molecule has 170 valence electrons. The molecule has 2 heteroatoms. The quantitative estimate of drug-likeness (QED) is 0.338. The molecule has 0 amide bonds. The zero-order valence-electron chi connectivity index (χ0n) is 20.7. The Kier molecular flexibility index (Phi) is 4.48.